The van der Waals surface area contributed by atoms with E-state index in [9.17, 15) is 0 Å². The fourth-order valence-electron chi connectivity index (χ4n) is 7.15. The van der Waals surface area contributed by atoms with E-state index in [-0.39, 0.29) is 0 Å². The normalized spacial score (nSPS) is 11.1. The van der Waals surface area contributed by atoms with Gasteiger partial charge in [0, 0.05) is 28.0 Å². The van der Waals surface area contributed by atoms with Crippen molar-refractivity contribution in [2.24, 2.45) is 0 Å². The first-order valence-electron chi connectivity index (χ1n) is 17.7. The molecule has 0 bridgehead atoms. The van der Waals surface area contributed by atoms with Crippen molar-refractivity contribution in [1.29, 1.82) is 0 Å². The van der Waals surface area contributed by atoms with Crippen LogP contribution in [-0.4, -0.2) is 0 Å². The van der Waals surface area contributed by atoms with E-state index in [0.717, 1.165) is 50.5 Å². The van der Waals surface area contributed by atoms with E-state index in [0.29, 0.717) is 0 Å². The Bertz CT molecular complexity index is 2570. The molecule has 9 rings (SSSR count). The number of anilines is 3. The monoisotopic (exact) mass is 665 g/mol. The molecule has 0 fully saturated rings. The molecule has 1 aromatic heterocycles. The highest BCUT2D eigenvalue weighted by Gasteiger charge is 2.16. The van der Waals surface area contributed by atoms with Crippen molar-refractivity contribution in [3.05, 3.63) is 212 Å². The van der Waals surface area contributed by atoms with Crippen molar-refractivity contribution in [2.45, 2.75) is 0 Å². The highest BCUT2D eigenvalue weighted by molar-refractivity contribution is 5.92. The van der Waals surface area contributed by atoms with Crippen molar-refractivity contribution in [1.82, 2.24) is 0 Å². The van der Waals surface area contributed by atoms with Gasteiger partial charge in [-0.3, -0.25) is 0 Å². The van der Waals surface area contributed by atoms with Gasteiger partial charge in [-0.25, -0.2) is 0 Å². The van der Waals surface area contributed by atoms with Gasteiger partial charge < -0.3 is 9.32 Å². The summed E-state index contributed by atoms with van der Waals surface area (Å²) in [6.07, 6.45) is 0. The molecule has 246 valence electrons. The molecule has 0 saturated heterocycles. The lowest BCUT2D eigenvalue weighted by Crippen LogP contribution is -2.09. The predicted octanol–water partition coefficient (Wildman–Crippen LogP) is 14.2. The Labute approximate surface area is 304 Å². The molecule has 0 atom stereocenters. The largest absolute Gasteiger partial charge is 0.456 e. The average molecular weight is 666 g/mol. The molecule has 0 N–H and O–H groups in total. The lowest BCUT2D eigenvalue weighted by molar-refractivity contribution is 0.631. The first-order valence-corrected chi connectivity index (χ1v) is 17.7. The SMILES string of the molecule is c1ccc(-c2ccccc2-c2ccccc2-c2ccc(N(c3ccccc3)c3ccc(-c4cccc(-c5cc6ccccc6o5)c4)cc3)cc2)cc1. The Balaban J connectivity index is 1.04. The summed E-state index contributed by atoms with van der Waals surface area (Å²) in [5, 5.41) is 1.11. The van der Waals surface area contributed by atoms with Crippen LogP contribution < -0.4 is 4.90 Å². The number of furan rings is 1. The van der Waals surface area contributed by atoms with Gasteiger partial charge in [-0.1, -0.05) is 158 Å². The zero-order chi connectivity index (χ0) is 34.7. The Morgan fingerprint density at radius 2 is 0.750 bits per heavy atom. The second-order valence-electron chi connectivity index (χ2n) is 13.0. The summed E-state index contributed by atoms with van der Waals surface area (Å²) in [5.74, 6) is 0.876. The molecule has 1 heterocycles. The first-order chi connectivity index (χ1) is 25.8. The Kier molecular flexibility index (Phi) is 8.24. The Hall–Kier alpha value is -6.90. The number of nitrogens with zero attached hydrogens (tertiary/aromatic N) is 1. The minimum Gasteiger partial charge on any atom is -0.456 e. The fraction of sp³-hybridized carbons (Fsp3) is 0. The smallest absolute Gasteiger partial charge is 0.135 e. The van der Waals surface area contributed by atoms with Gasteiger partial charge in [0.1, 0.15) is 11.3 Å². The molecule has 8 aromatic carbocycles. The van der Waals surface area contributed by atoms with Crippen molar-refractivity contribution in [3.8, 4) is 55.8 Å². The number of benzene rings is 8. The van der Waals surface area contributed by atoms with E-state index in [2.05, 4.69) is 199 Å². The molecule has 0 saturated carbocycles. The van der Waals surface area contributed by atoms with Crippen molar-refractivity contribution in [3.63, 3.8) is 0 Å². The van der Waals surface area contributed by atoms with Crippen LogP contribution in [0.15, 0.2) is 217 Å². The predicted molar refractivity (Wildman–Crippen MR) is 218 cm³/mol. The maximum atomic E-state index is 6.18. The summed E-state index contributed by atoms with van der Waals surface area (Å²) in [6, 6.07) is 75.2. The van der Waals surface area contributed by atoms with Crippen LogP contribution in [0.2, 0.25) is 0 Å². The fourth-order valence-corrected chi connectivity index (χ4v) is 7.15. The van der Waals surface area contributed by atoms with Crippen LogP contribution in [0.5, 0.6) is 0 Å². The maximum absolute atomic E-state index is 6.18. The van der Waals surface area contributed by atoms with Crippen molar-refractivity contribution < 1.29 is 4.42 Å². The summed E-state index contributed by atoms with van der Waals surface area (Å²) in [6.45, 7) is 0. The van der Waals surface area contributed by atoms with Crippen LogP contribution in [0.3, 0.4) is 0 Å². The molecule has 52 heavy (non-hydrogen) atoms. The minimum absolute atomic E-state index is 0.876. The van der Waals surface area contributed by atoms with Gasteiger partial charge in [0.15, 0.2) is 0 Å². The molecule has 0 amide bonds. The van der Waals surface area contributed by atoms with Gasteiger partial charge >= 0.3 is 0 Å². The minimum atomic E-state index is 0.876. The van der Waals surface area contributed by atoms with Crippen LogP contribution in [0.25, 0.3) is 66.8 Å². The van der Waals surface area contributed by atoms with Gasteiger partial charge in [0.05, 0.1) is 0 Å². The topological polar surface area (TPSA) is 16.4 Å². The van der Waals surface area contributed by atoms with E-state index >= 15 is 0 Å². The molecule has 0 spiro atoms. The summed E-state index contributed by atoms with van der Waals surface area (Å²) in [7, 11) is 0. The van der Waals surface area contributed by atoms with E-state index in [1.165, 1.54) is 33.4 Å². The van der Waals surface area contributed by atoms with Gasteiger partial charge in [0.2, 0.25) is 0 Å². The molecule has 0 aliphatic rings. The lowest BCUT2D eigenvalue weighted by atomic mass is 9.89. The maximum Gasteiger partial charge on any atom is 0.135 e. The van der Waals surface area contributed by atoms with Crippen LogP contribution in [0.4, 0.5) is 17.1 Å². The van der Waals surface area contributed by atoms with Gasteiger partial charge in [-0.05, 0) is 99.1 Å². The zero-order valence-corrected chi connectivity index (χ0v) is 28.6. The third kappa shape index (κ3) is 6.08. The summed E-state index contributed by atoms with van der Waals surface area (Å²) in [5.41, 5.74) is 14.8. The molecule has 0 aliphatic carbocycles. The number of fused-ring (bicyclic) bond motifs is 1. The van der Waals surface area contributed by atoms with E-state index < -0.39 is 0 Å². The third-order valence-electron chi connectivity index (χ3n) is 9.71. The number of para-hydroxylation sites is 2. The highest BCUT2D eigenvalue weighted by Crippen LogP contribution is 2.41. The van der Waals surface area contributed by atoms with E-state index in [1.807, 2.05) is 18.2 Å². The van der Waals surface area contributed by atoms with Crippen molar-refractivity contribution in [2.75, 3.05) is 4.90 Å². The molecular weight excluding hydrogens is 631 g/mol. The molecule has 2 nitrogen and oxygen atoms in total. The van der Waals surface area contributed by atoms with Crippen LogP contribution in [-0.2, 0) is 0 Å². The molecule has 0 aliphatic heterocycles. The van der Waals surface area contributed by atoms with Gasteiger partial charge in [-0.15, -0.1) is 0 Å². The van der Waals surface area contributed by atoms with E-state index in [1.54, 1.807) is 0 Å². The number of hydrogen-bond acceptors (Lipinski definition) is 2. The lowest BCUT2D eigenvalue weighted by Gasteiger charge is -2.26. The van der Waals surface area contributed by atoms with Gasteiger partial charge in [0.25, 0.3) is 0 Å². The summed E-state index contributed by atoms with van der Waals surface area (Å²) in [4.78, 5) is 2.31. The number of hydrogen-bond donors (Lipinski definition) is 0. The summed E-state index contributed by atoms with van der Waals surface area (Å²) < 4.78 is 6.18. The average Bonchev–Trinajstić information content (AvgIpc) is 3.67. The standard InChI is InChI=1S/C50H35NO/c1-3-14-37(15-4-1)45-21-8-10-23-47(45)48-24-11-9-22-46(48)38-28-32-44(33-29-38)51(42-19-5-2-6-20-42)43-30-26-36(27-31-43)39-17-13-18-40(34-39)50-35-41-16-7-12-25-49(41)52-50/h1-35H. The Morgan fingerprint density at radius 3 is 1.38 bits per heavy atom. The second-order valence-corrected chi connectivity index (χ2v) is 13.0. The van der Waals surface area contributed by atoms with Gasteiger partial charge in [-0.2, -0.15) is 0 Å². The highest BCUT2D eigenvalue weighted by atomic mass is 16.3. The number of rotatable bonds is 8. The molecule has 9 aromatic rings. The molecule has 0 radical (unpaired) electrons. The summed E-state index contributed by atoms with van der Waals surface area (Å²) >= 11 is 0. The van der Waals surface area contributed by atoms with Crippen LogP contribution in [0.1, 0.15) is 0 Å². The first kappa shape index (κ1) is 31.1. The van der Waals surface area contributed by atoms with E-state index in [4.69, 9.17) is 4.42 Å². The second kappa shape index (κ2) is 13.8. The molecule has 2 heteroatoms. The molecule has 0 unspecified atom stereocenters. The van der Waals surface area contributed by atoms with Crippen LogP contribution >= 0.6 is 0 Å². The van der Waals surface area contributed by atoms with Crippen molar-refractivity contribution >= 4 is 28.0 Å². The molecular formula is C50H35NO. The quantitative estimate of drug-likeness (QED) is 0.161. The third-order valence-corrected chi connectivity index (χ3v) is 9.71. The zero-order valence-electron chi connectivity index (χ0n) is 28.6. The van der Waals surface area contributed by atoms with Crippen LogP contribution in [0, 0.1) is 0 Å². The Morgan fingerprint density at radius 1 is 0.288 bits per heavy atom.